The lowest BCUT2D eigenvalue weighted by molar-refractivity contribution is 0.530. The molecule has 0 aromatic heterocycles. The molecule has 1 nitrogen and oxygen atoms in total. The first-order chi connectivity index (χ1) is 12.8. The molecule has 0 aliphatic carbocycles. The van der Waals surface area contributed by atoms with Crippen LogP contribution in [0.25, 0.3) is 0 Å². The Kier molecular flexibility index (Phi) is 21.5. The van der Waals surface area contributed by atoms with Gasteiger partial charge in [-0.05, 0) is 25.5 Å². The van der Waals surface area contributed by atoms with Gasteiger partial charge in [0, 0.05) is 0 Å². The number of rotatable bonds is 16. The SMILES string of the molecule is CCCCCCCCCCCCCCCCCCN.[CH2]c1ccccc1. The smallest absolute Gasteiger partial charge is 0.00773 e. The van der Waals surface area contributed by atoms with E-state index in [-0.39, 0.29) is 0 Å². The second-order valence-electron chi connectivity index (χ2n) is 7.58. The molecule has 0 spiro atoms. The molecule has 0 unspecified atom stereocenters. The van der Waals surface area contributed by atoms with Gasteiger partial charge in [0.15, 0.2) is 0 Å². The molecule has 151 valence electrons. The molecule has 0 saturated heterocycles. The molecule has 0 amide bonds. The maximum absolute atomic E-state index is 5.48. The third-order valence-electron chi connectivity index (χ3n) is 4.90. The molecule has 1 rings (SSSR count). The van der Waals surface area contributed by atoms with Gasteiger partial charge in [0.05, 0.1) is 0 Å². The van der Waals surface area contributed by atoms with E-state index in [4.69, 9.17) is 5.73 Å². The third kappa shape index (κ3) is 21.2. The summed E-state index contributed by atoms with van der Waals surface area (Å²) >= 11 is 0. The van der Waals surface area contributed by atoms with E-state index in [9.17, 15) is 0 Å². The minimum absolute atomic E-state index is 0.873. The fourth-order valence-corrected chi connectivity index (χ4v) is 3.17. The first kappa shape index (κ1) is 25.2. The van der Waals surface area contributed by atoms with E-state index in [1.54, 1.807) is 0 Å². The van der Waals surface area contributed by atoms with E-state index in [2.05, 4.69) is 13.8 Å². The molecule has 2 N–H and O–H groups in total. The van der Waals surface area contributed by atoms with E-state index in [0.29, 0.717) is 0 Å². The summed E-state index contributed by atoms with van der Waals surface area (Å²) < 4.78 is 0. The monoisotopic (exact) mass is 360 g/mol. The van der Waals surface area contributed by atoms with Gasteiger partial charge in [-0.25, -0.2) is 0 Å². The van der Waals surface area contributed by atoms with Crippen molar-refractivity contribution in [1.82, 2.24) is 0 Å². The Labute approximate surface area is 165 Å². The van der Waals surface area contributed by atoms with Crippen molar-refractivity contribution >= 4 is 0 Å². The van der Waals surface area contributed by atoms with Gasteiger partial charge in [-0.3, -0.25) is 0 Å². The van der Waals surface area contributed by atoms with Crippen molar-refractivity contribution in [2.24, 2.45) is 5.73 Å². The quantitative estimate of drug-likeness (QED) is 0.296. The third-order valence-corrected chi connectivity index (χ3v) is 4.90. The Morgan fingerprint density at radius 1 is 0.577 bits per heavy atom. The van der Waals surface area contributed by atoms with Crippen molar-refractivity contribution in [3.05, 3.63) is 42.8 Å². The van der Waals surface area contributed by atoms with Gasteiger partial charge in [0.2, 0.25) is 0 Å². The van der Waals surface area contributed by atoms with Crippen molar-refractivity contribution < 1.29 is 0 Å². The largest absolute Gasteiger partial charge is 0.330 e. The molecule has 1 aromatic carbocycles. The average molecular weight is 361 g/mol. The topological polar surface area (TPSA) is 26.0 Å². The summed E-state index contributed by atoms with van der Waals surface area (Å²) in [5.41, 5.74) is 6.55. The zero-order valence-electron chi connectivity index (χ0n) is 17.7. The van der Waals surface area contributed by atoms with Crippen LogP contribution in [0.15, 0.2) is 30.3 Å². The molecule has 1 radical (unpaired) electrons. The highest BCUT2D eigenvalue weighted by Gasteiger charge is 1.94. The molecular weight excluding hydrogens is 314 g/mol. The van der Waals surface area contributed by atoms with Crippen molar-refractivity contribution in [3.8, 4) is 0 Å². The van der Waals surface area contributed by atoms with E-state index >= 15 is 0 Å². The molecule has 26 heavy (non-hydrogen) atoms. The Balaban J connectivity index is 0.000000735. The molecule has 1 aromatic rings. The van der Waals surface area contributed by atoms with Gasteiger partial charge >= 0.3 is 0 Å². The summed E-state index contributed by atoms with van der Waals surface area (Å²) in [5, 5.41) is 0. The predicted octanol–water partition coefficient (Wildman–Crippen LogP) is 8.08. The van der Waals surface area contributed by atoms with Crippen molar-refractivity contribution in [2.45, 2.75) is 110 Å². The van der Waals surface area contributed by atoms with Crippen LogP contribution < -0.4 is 5.73 Å². The average Bonchev–Trinajstić information content (AvgIpc) is 2.66. The second-order valence-corrected chi connectivity index (χ2v) is 7.58. The highest BCUT2D eigenvalue weighted by atomic mass is 14.5. The Hall–Kier alpha value is -0.820. The van der Waals surface area contributed by atoms with Crippen molar-refractivity contribution in [3.63, 3.8) is 0 Å². The van der Waals surface area contributed by atoms with Crippen LogP contribution in [0, 0.1) is 6.92 Å². The van der Waals surface area contributed by atoms with Crippen LogP contribution in [0.3, 0.4) is 0 Å². The molecule has 0 atom stereocenters. The Morgan fingerprint density at radius 3 is 1.19 bits per heavy atom. The molecule has 0 saturated carbocycles. The van der Waals surface area contributed by atoms with Gasteiger partial charge in [0.1, 0.15) is 0 Å². The number of nitrogens with two attached hydrogens (primary N) is 1. The Bertz CT molecular complexity index is 330. The number of benzene rings is 1. The van der Waals surface area contributed by atoms with E-state index < -0.39 is 0 Å². The highest BCUT2D eigenvalue weighted by molar-refractivity contribution is 5.16. The second kappa shape index (κ2) is 22.2. The number of unbranched alkanes of at least 4 members (excludes halogenated alkanes) is 15. The summed E-state index contributed by atoms with van der Waals surface area (Å²) in [7, 11) is 0. The maximum atomic E-state index is 5.48. The lowest BCUT2D eigenvalue weighted by Crippen LogP contribution is -1.97. The van der Waals surface area contributed by atoms with Crippen LogP contribution in [0.4, 0.5) is 0 Å². The summed E-state index contributed by atoms with van der Waals surface area (Å²) in [6.07, 6.45) is 22.9. The van der Waals surface area contributed by atoms with Gasteiger partial charge < -0.3 is 5.73 Å². The zero-order chi connectivity index (χ0) is 19.1. The van der Waals surface area contributed by atoms with Crippen LogP contribution >= 0.6 is 0 Å². The fourth-order valence-electron chi connectivity index (χ4n) is 3.17. The minimum Gasteiger partial charge on any atom is -0.330 e. The summed E-state index contributed by atoms with van der Waals surface area (Å²) in [4.78, 5) is 0. The first-order valence-corrected chi connectivity index (χ1v) is 11.4. The van der Waals surface area contributed by atoms with Crippen molar-refractivity contribution in [2.75, 3.05) is 6.54 Å². The summed E-state index contributed by atoms with van der Waals surface area (Å²) in [5.74, 6) is 0. The van der Waals surface area contributed by atoms with E-state index in [1.807, 2.05) is 30.3 Å². The molecule has 0 aliphatic heterocycles. The molecule has 1 heteroatoms. The zero-order valence-corrected chi connectivity index (χ0v) is 17.7. The van der Waals surface area contributed by atoms with Gasteiger partial charge in [-0.15, -0.1) is 0 Å². The fraction of sp³-hybridized carbons (Fsp3) is 0.720. The number of hydrogen-bond acceptors (Lipinski definition) is 1. The lowest BCUT2D eigenvalue weighted by atomic mass is 10.0. The maximum Gasteiger partial charge on any atom is -0.00773 e. The molecule has 0 aliphatic rings. The van der Waals surface area contributed by atoms with E-state index in [1.165, 1.54) is 103 Å². The van der Waals surface area contributed by atoms with Crippen LogP contribution in [0.5, 0.6) is 0 Å². The number of hydrogen-bond donors (Lipinski definition) is 1. The predicted molar refractivity (Wildman–Crippen MR) is 120 cm³/mol. The van der Waals surface area contributed by atoms with Crippen LogP contribution in [0.2, 0.25) is 0 Å². The van der Waals surface area contributed by atoms with Gasteiger partial charge in [0.25, 0.3) is 0 Å². The standard InChI is InChI=1S/C18H39N.C7H7/c1-2-3-4-5-6-7-8-9-10-11-12-13-14-15-16-17-18-19;1-7-5-3-2-4-6-7/h2-19H2,1H3;2-6H,1H2. The summed E-state index contributed by atoms with van der Waals surface area (Å²) in [6, 6.07) is 9.87. The van der Waals surface area contributed by atoms with Gasteiger partial charge in [-0.1, -0.05) is 134 Å². The van der Waals surface area contributed by atoms with Crippen molar-refractivity contribution in [1.29, 1.82) is 0 Å². The van der Waals surface area contributed by atoms with Crippen LogP contribution in [-0.2, 0) is 0 Å². The molecular formula is C25H46N. The van der Waals surface area contributed by atoms with Crippen LogP contribution in [-0.4, -0.2) is 6.54 Å². The van der Waals surface area contributed by atoms with Crippen LogP contribution in [0.1, 0.15) is 115 Å². The van der Waals surface area contributed by atoms with Gasteiger partial charge in [-0.2, -0.15) is 0 Å². The van der Waals surface area contributed by atoms with E-state index in [0.717, 1.165) is 12.1 Å². The molecule has 0 heterocycles. The normalized spacial score (nSPS) is 10.4. The highest BCUT2D eigenvalue weighted by Crippen LogP contribution is 2.13. The molecule has 0 bridgehead atoms. The lowest BCUT2D eigenvalue weighted by Gasteiger charge is -2.03. The first-order valence-electron chi connectivity index (χ1n) is 11.4. The summed E-state index contributed by atoms with van der Waals surface area (Å²) in [6.45, 7) is 6.88. The Morgan fingerprint density at radius 2 is 0.923 bits per heavy atom. The molecule has 0 fully saturated rings. The minimum atomic E-state index is 0.873.